The number of fused-ring (bicyclic) bond motifs is 1. The molecule has 0 aliphatic rings. The number of aromatic nitrogens is 3. The molecule has 3 rings (SSSR count). The van der Waals surface area contributed by atoms with E-state index in [4.69, 9.17) is 0 Å². The fourth-order valence-electron chi connectivity index (χ4n) is 2.16. The zero-order chi connectivity index (χ0) is 13.1. The van der Waals surface area contributed by atoms with Gasteiger partial charge in [-0.15, -0.1) is 0 Å². The van der Waals surface area contributed by atoms with Crippen molar-refractivity contribution in [3.05, 3.63) is 47.7 Å². The highest BCUT2D eigenvalue weighted by Gasteiger charge is 2.04. The lowest BCUT2D eigenvalue weighted by atomic mass is 10.3. The Hall–Kier alpha value is -1.72. The van der Waals surface area contributed by atoms with Gasteiger partial charge in [-0.1, -0.05) is 12.1 Å². The van der Waals surface area contributed by atoms with E-state index in [0.29, 0.717) is 0 Å². The minimum Gasteiger partial charge on any atom is -0.329 e. The van der Waals surface area contributed by atoms with Crippen LogP contribution >= 0.6 is 11.5 Å². The van der Waals surface area contributed by atoms with Gasteiger partial charge in [0.1, 0.15) is 0 Å². The number of nitrogens with zero attached hydrogens (tertiary/aromatic N) is 4. The molecule has 0 saturated heterocycles. The molecule has 1 aromatic carbocycles. The Morgan fingerprint density at radius 3 is 3.05 bits per heavy atom. The van der Waals surface area contributed by atoms with Crippen molar-refractivity contribution in [3.8, 4) is 0 Å². The van der Waals surface area contributed by atoms with Crippen LogP contribution in [-0.2, 0) is 13.1 Å². The number of likely N-dealkylation sites (N-methyl/N-ethyl adjacent to an activating group) is 1. The lowest BCUT2D eigenvalue weighted by Crippen LogP contribution is -2.22. The molecule has 4 nitrogen and oxygen atoms in total. The molecule has 98 valence electrons. The maximum absolute atomic E-state index is 4.41. The molecule has 0 aliphatic heterocycles. The summed E-state index contributed by atoms with van der Waals surface area (Å²) in [6, 6.07) is 8.24. The van der Waals surface area contributed by atoms with E-state index in [2.05, 4.69) is 43.4 Å². The summed E-state index contributed by atoms with van der Waals surface area (Å²) in [6.45, 7) is 2.90. The summed E-state index contributed by atoms with van der Waals surface area (Å²) in [5.74, 6) is 0. The van der Waals surface area contributed by atoms with Crippen molar-refractivity contribution in [3.63, 3.8) is 0 Å². The molecular weight excluding hydrogens is 256 g/mol. The van der Waals surface area contributed by atoms with Crippen LogP contribution in [0.3, 0.4) is 0 Å². The van der Waals surface area contributed by atoms with E-state index < -0.39 is 0 Å². The Kier molecular flexibility index (Phi) is 3.57. The number of imidazole rings is 1. The number of hydrogen-bond donors (Lipinski definition) is 0. The van der Waals surface area contributed by atoms with Crippen LogP contribution in [0.1, 0.15) is 5.56 Å². The highest BCUT2D eigenvalue weighted by atomic mass is 32.1. The summed E-state index contributed by atoms with van der Waals surface area (Å²) in [7, 11) is 2.14. The molecule has 3 aromatic rings. The first-order valence-electron chi connectivity index (χ1n) is 6.29. The fourth-order valence-corrected chi connectivity index (χ4v) is 2.69. The number of para-hydroxylation sites is 2. The Labute approximate surface area is 116 Å². The molecule has 2 heterocycles. The molecule has 2 aromatic heterocycles. The van der Waals surface area contributed by atoms with Crippen molar-refractivity contribution < 1.29 is 0 Å². The third-order valence-electron chi connectivity index (χ3n) is 3.19. The van der Waals surface area contributed by atoms with Gasteiger partial charge in [-0.05, 0) is 36.3 Å². The van der Waals surface area contributed by atoms with Crippen LogP contribution in [0.5, 0.6) is 0 Å². The minimum atomic E-state index is 0.948. The van der Waals surface area contributed by atoms with E-state index in [1.54, 1.807) is 0 Å². The van der Waals surface area contributed by atoms with Crippen molar-refractivity contribution in [2.45, 2.75) is 13.1 Å². The SMILES string of the molecule is CN(CCn1cnc2ccccc21)Cc1cnsc1. The molecule has 0 unspecified atom stereocenters. The van der Waals surface area contributed by atoms with Gasteiger partial charge in [0, 0.05) is 31.2 Å². The van der Waals surface area contributed by atoms with Gasteiger partial charge in [0.2, 0.25) is 0 Å². The van der Waals surface area contributed by atoms with Crippen LogP contribution in [0.4, 0.5) is 0 Å². The van der Waals surface area contributed by atoms with Crippen LogP contribution in [0.25, 0.3) is 11.0 Å². The van der Waals surface area contributed by atoms with Gasteiger partial charge in [-0.2, -0.15) is 0 Å². The van der Waals surface area contributed by atoms with Gasteiger partial charge in [0.05, 0.1) is 17.4 Å². The van der Waals surface area contributed by atoms with E-state index in [9.17, 15) is 0 Å². The third-order valence-corrected chi connectivity index (χ3v) is 3.82. The summed E-state index contributed by atoms with van der Waals surface area (Å²) < 4.78 is 6.33. The topological polar surface area (TPSA) is 34.0 Å². The largest absolute Gasteiger partial charge is 0.329 e. The predicted octanol–water partition coefficient (Wildman–Crippen LogP) is 2.62. The molecule has 0 amide bonds. The Bertz CT molecular complexity index is 644. The van der Waals surface area contributed by atoms with E-state index in [1.165, 1.54) is 22.6 Å². The van der Waals surface area contributed by atoms with Crippen LogP contribution in [0.15, 0.2) is 42.2 Å². The molecule has 5 heteroatoms. The summed E-state index contributed by atoms with van der Waals surface area (Å²) in [5.41, 5.74) is 3.54. The normalized spacial score (nSPS) is 11.5. The molecule has 0 saturated carbocycles. The van der Waals surface area contributed by atoms with Crippen LogP contribution in [-0.4, -0.2) is 32.4 Å². The number of rotatable bonds is 5. The van der Waals surface area contributed by atoms with Crippen molar-refractivity contribution in [1.29, 1.82) is 0 Å². The van der Waals surface area contributed by atoms with E-state index >= 15 is 0 Å². The average molecular weight is 272 g/mol. The second-order valence-electron chi connectivity index (χ2n) is 4.70. The van der Waals surface area contributed by atoms with Gasteiger partial charge in [0.15, 0.2) is 0 Å². The Morgan fingerprint density at radius 2 is 2.21 bits per heavy atom. The molecule has 0 bridgehead atoms. The zero-order valence-corrected chi connectivity index (χ0v) is 11.7. The van der Waals surface area contributed by atoms with E-state index in [1.807, 2.05) is 24.7 Å². The standard InChI is InChI=1S/C14H16N4S/c1-17(9-12-8-16-19-10-12)6-7-18-11-15-13-4-2-3-5-14(13)18/h2-5,8,10-11H,6-7,9H2,1H3. The first-order chi connectivity index (χ1) is 9.33. The van der Waals surface area contributed by atoms with Gasteiger partial charge in [0.25, 0.3) is 0 Å². The van der Waals surface area contributed by atoms with Crippen LogP contribution < -0.4 is 0 Å². The molecular formula is C14H16N4S. The first kappa shape index (κ1) is 12.3. The summed E-state index contributed by atoms with van der Waals surface area (Å²) in [6.07, 6.45) is 3.86. The maximum Gasteiger partial charge on any atom is 0.0958 e. The van der Waals surface area contributed by atoms with Crippen molar-refractivity contribution >= 4 is 22.6 Å². The van der Waals surface area contributed by atoms with Gasteiger partial charge in [-0.25, -0.2) is 9.36 Å². The monoisotopic (exact) mass is 272 g/mol. The highest BCUT2D eigenvalue weighted by Crippen LogP contribution is 2.12. The molecule has 19 heavy (non-hydrogen) atoms. The molecule has 0 spiro atoms. The van der Waals surface area contributed by atoms with Gasteiger partial charge >= 0.3 is 0 Å². The maximum atomic E-state index is 4.41. The quantitative estimate of drug-likeness (QED) is 0.716. The van der Waals surface area contributed by atoms with Gasteiger partial charge < -0.3 is 9.47 Å². The van der Waals surface area contributed by atoms with Crippen LogP contribution in [0, 0.1) is 0 Å². The predicted molar refractivity (Wildman–Crippen MR) is 78.2 cm³/mol. The Morgan fingerprint density at radius 1 is 1.32 bits per heavy atom. The lowest BCUT2D eigenvalue weighted by molar-refractivity contribution is 0.313. The first-order valence-corrected chi connectivity index (χ1v) is 7.13. The molecule has 0 atom stereocenters. The number of benzene rings is 1. The fraction of sp³-hybridized carbons (Fsp3) is 0.286. The molecule has 0 radical (unpaired) electrons. The second kappa shape index (κ2) is 5.50. The smallest absolute Gasteiger partial charge is 0.0958 e. The van der Waals surface area contributed by atoms with E-state index in [0.717, 1.165) is 25.2 Å². The summed E-state index contributed by atoms with van der Waals surface area (Å²) in [4.78, 5) is 6.71. The average Bonchev–Trinajstić information content (AvgIpc) is 3.05. The van der Waals surface area contributed by atoms with Crippen molar-refractivity contribution in [2.24, 2.45) is 0 Å². The second-order valence-corrected chi connectivity index (χ2v) is 5.35. The number of hydrogen-bond acceptors (Lipinski definition) is 4. The van der Waals surface area contributed by atoms with Crippen molar-refractivity contribution in [2.75, 3.05) is 13.6 Å². The molecule has 0 fully saturated rings. The van der Waals surface area contributed by atoms with Crippen LogP contribution in [0.2, 0.25) is 0 Å². The summed E-state index contributed by atoms with van der Waals surface area (Å²) >= 11 is 1.51. The molecule has 0 aliphatic carbocycles. The highest BCUT2D eigenvalue weighted by molar-refractivity contribution is 7.03. The third kappa shape index (κ3) is 2.83. The van der Waals surface area contributed by atoms with E-state index in [-0.39, 0.29) is 0 Å². The Balaban J connectivity index is 1.62. The molecule has 0 N–H and O–H groups in total. The lowest BCUT2D eigenvalue weighted by Gasteiger charge is -2.16. The van der Waals surface area contributed by atoms with Gasteiger partial charge in [-0.3, -0.25) is 0 Å². The minimum absolute atomic E-state index is 0.948. The zero-order valence-electron chi connectivity index (χ0n) is 10.9. The van der Waals surface area contributed by atoms with Crippen molar-refractivity contribution in [1.82, 2.24) is 18.8 Å². The summed E-state index contributed by atoms with van der Waals surface area (Å²) in [5, 5.41) is 2.10.